The first-order valence-corrected chi connectivity index (χ1v) is 7.19. The van der Waals surface area contributed by atoms with Gasteiger partial charge in [-0.3, -0.25) is 4.79 Å². The van der Waals surface area contributed by atoms with E-state index in [0.29, 0.717) is 12.1 Å². The van der Waals surface area contributed by atoms with E-state index in [1.165, 1.54) is 0 Å². The minimum absolute atomic E-state index is 0.00785. The molecule has 1 amide bonds. The predicted octanol–water partition coefficient (Wildman–Crippen LogP) is 2.71. The van der Waals surface area contributed by atoms with Gasteiger partial charge in [0.15, 0.2) is 0 Å². The van der Waals surface area contributed by atoms with E-state index in [1.54, 1.807) is 0 Å². The van der Waals surface area contributed by atoms with Crippen molar-refractivity contribution in [3.05, 3.63) is 29.6 Å². The van der Waals surface area contributed by atoms with E-state index in [9.17, 15) is 22.4 Å². The summed E-state index contributed by atoms with van der Waals surface area (Å²) in [5.74, 6) is -1.65. The van der Waals surface area contributed by atoms with Crippen LogP contribution in [-0.2, 0) is 11.0 Å². The molecule has 1 aromatic carbocycles. The quantitative estimate of drug-likeness (QED) is 0.594. The Morgan fingerprint density at radius 2 is 2.00 bits per heavy atom. The highest BCUT2D eigenvalue weighted by Gasteiger charge is 2.31. The number of amides is 1. The number of carbonyl (C=O) groups excluding carboxylic acids is 1. The molecule has 130 valence electrons. The monoisotopic (exact) mass is 336 g/mol. The molecule has 0 aliphatic carbocycles. The summed E-state index contributed by atoms with van der Waals surface area (Å²) in [5, 5.41) is 2.52. The summed E-state index contributed by atoms with van der Waals surface area (Å²) in [4.78, 5) is 11.7. The zero-order valence-electron chi connectivity index (χ0n) is 12.9. The van der Waals surface area contributed by atoms with Gasteiger partial charge < -0.3 is 15.8 Å². The zero-order valence-corrected chi connectivity index (χ0v) is 12.9. The number of benzene rings is 1. The predicted molar refractivity (Wildman–Crippen MR) is 77.3 cm³/mol. The lowest BCUT2D eigenvalue weighted by Gasteiger charge is -2.17. The van der Waals surface area contributed by atoms with E-state index in [-0.39, 0.29) is 30.7 Å². The maximum absolute atomic E-state index is 13.2. The summed E-state index contributed by atoms with van der Waals surface area (Å²) >= 11 is 0. The van der Waals surface area contributed by atoms with Crippen LogP contribution in [0.25, 0.3) is 0 Å². The molecule has 3 N–H and O–H groups in total. The minimum Gasteiger partial charge on any atom is -0.492 e. The van der Waals surface area contributed by atoms with Crippen LogP contribution >= 0.6 is 0 Å². The van der Waals surface area contributed by atoms with Crippen molar-refractivity contribution in [1.82, 2.24) is 5.32 Å². The summed E-state index contributed by atoms with van der Waals surface area (Å²) in [6.45, 7) is 3.70. The van der Waals surface area contributed by atoms with Crippen LogP contribution in [-0.4, -0.2) is 25.1 Å². The lowest BCUT2D eigenvalue weighted by molar-refractivity contribution is -0.137. The van der Waals surface area contributed by atoms with Crippen molar-refractivity contribution < 1.29 is 27.1 Å². The molecule has 0 heterocycles. The van der Waals surface area contributed by atoms with Crippen molar-refractivity contribution in [2.45, 2.75) is 32.5 Å². The highest BCUT2D eigenvalue weighted by Crippen LogP contribution is 2.32. The number of hydrogen-bond acceptors (Lipinski definition) is 3. The average Bonchev–Trinajstić information content (AvgIpc) is 2.48. The van der Waals surface area contributed by atoms with Gasteiger partial charge in [0, 0.05) is 6.07 Å². The van der Waals surface area contributed by atoms with Crippen molar-refractivity contribution in [3.63, 3.8) is 0 Å². The van der Waals surface area contributed by atoms with Crippen LogP contribution in [0.2, 0.25) is 0 Å². The fraction of sp³-hybridized carbons (Fsp3) is 0.533. The molecule has 0 bridgehead atoms. The zero-order chi connectivity index (χ0) is 17.6. The third kappa shape index (κ3) is 6.05. The SMILES string of the molecule is CCC(C)C(N)C(=O)NCCOc1cc(F)cc(C(F)(F)F)c1. The molecular formula is C15H20F4N2O2. The second-order valence-corrected chi connectivity index (χ2v) is 5.22. The van der Waals surface area contributed by atoms with Crippen molar-refractivity contribution in [3.8, 4) is 5.75 Å². The third-order valence-corrected chi connectivity index (χ3v) is 3.43. The number of ether oxygens (including phenoxy) is 1. The minimum atomic E-state index is -4.66. The molecule has 0 saturated heterocycles. The van der Waals surface area contributed by atoms with E-state index in [0.717, 1.165) is 12.5 Å². The van der Waals surface area contributed by atoms with Crippen LogP contribution in [0.3, 0.4) is 0 Å². The van der Waals surface area contributed by atoms with Gasteiger partial charge >= 0.3 is 6.18 Å². The Labute approximate surface area is 132 Å². The molecule has 0 aromatic heterocycles. The van der Waals surface area contributed by atoms with Crippen molar-refractivity contribution in [2.24, 2.45) is 11.7 Å². The first-order valence-electron chi connectivity index (χ1n) is 7.19. The van der Waals surface area contributed by atoms with Gasteiger partial charge in [-0.2, -0.15) is 13.2 Å². The highest BCUT2D eigenvalue weighted by atomic mass is 19.4. The average molecular weight is 336 g/mol. The standard InChI is InChI=1S/C15H20F4N2O2/c1-3-9(2)13(20)14(22)21-4-5-23-12-7-10(15(17,18)19)6-11(16)8-12/h6-9,13H,3-5,20H2,1-2H3,(H,21,22). The number of nitrogens with one attached hydrogen (secondary N) is 1. The fourth-order valence-corrected chi connectivity index (χ4v) is 1.78. The highest BCUT2D eigenvalue weighted by molar-refractivity contribution is 5.81. The number of hydrogen-bond donors (Lipinski definition) is 2. The van der Waals surface area contributed by atoms with E-state index >= 15 is 0 Å². The number of rotatable bonds is 7. The van der Waals surface area contributed by atoms with E-state index in [2.05, 4.69) is 5.32 Å². The lowest BCUT2D eigenvalue weighted by Crippen LogP contribution is -2.45. The molecule has 1 rings (SSSR count). The molecule has 0 saturated carbocycles. The van der Waals surface area contributed by atoms with Crippen LogP contribution in [0.15, 0.2) is 18.2 Å². The van der Waals surface area contributed by atoms with Gasteiger partial charge in [0.2, 0.25) is 5.91 Å². The van der Waals surface area contributed by atoms with Gasteiger partial charge in [-0.05, 0) is 18.1 Å². The molecule has 4 nitrogen and oxygen atoms in total. The Balaban J connectivity index is 2.51. The molecular weight excluding hydrogens is 316 g/mol. The molecule has 2 atom stereocenters. The van der Waals surface area contributed by atoms with Crippen molar-refractivity contribution in [1.29, 1.82) is 0 Å². The summed E-state index contributed by atoms with van der Waals surface area (Å²) in [6.07, 6.45) is -3.91. The van der Waals surface area contributed by atoms with Crippen LogP contribution in [0.4, 0.5) is 17.6 Å². The first kappa shape index (κ1) is 19.2. The largest absolute Gasteiger partial charge is 0.492 e. The fourth-order valence-electron chi connectivity index (χ4n) is 1.78. The molecule has 0 spiro atoms. The van der Waals surface area contributed by atoms with E-state index < -0.39 is 23.6 Å². The van der Waals surface area contributed by atoms with E-state index in [1.807, 2.05) is 13.8 Å². The van der Waals surface area contributed by atoms with Gasteiger partial charge in [-0.1, -0.05) is 20.3 Å². The summed E-state index contributed by atoms with van der Waals surface area (Å²) in [6, 6.07) is 1.28. The topological polar surface area (TPSA) is 64.4 Å². The normalized spacial score (nSPS) is 14.2. The Kier molecular flexibility index (Phi) is 6.80. The number of carbonyl (C=O) groups is 1. The Hall–Kier alpha value is -1.83. The Morgan fingerprint density at radius 1 is 1.35 bits per heavy atom. The van der Waals surface area contributed by atoms with Crippen LogP contribution in [0, 0.1) is 11.7 Å². The molecule has 1 aromatic rings. The van der Waals surface area contributed by atoms with Gasteiger partial charge in [-0.15, -0.1) is 0 Å². The maximum atomic E-state index is 13.2. The van der Waals surface area contributed by atoms with Crippen LogP contribution in [0.5, 0.6) is 5.75 Å². The molecule has 0 aliphatic rings. The van der Waals surface area contributed by atoms with Gasteiger partial charge in [0.25, 0.3) is 0 Å². The Morgan fingerprint density at radius 3 is 2.57 bits per heavy atom. The number of nitrogens with two attached hydrogens (primary N) is 1. The van der Waals surface area contributed by atoms with Crippen LogP contribution in [0.1, 0.15) is 25.8 Å². The second kappa shape index (κ2) is 8.14. The summed E-state index contributed by atoms with van der Waals surface area (Å²) in [7, 11) is 0. The summed E-state index contributed by atoms with van der Waals surface area (Å²) in [5.41, 5.74) is 4.60. The molecule has 0 aliphatic heterocycles. The Bertz CT molecular complexity index is 535. The molecule has 0 fully saturated rings. The van der Waals surface area contributed by atoms with Gasteiger partial charge in [0.05, 0.1) is 18.2 Å². The lowest BCUT2D eigenvalue weighted by atomic mass is 9.99. The van der Waals surface area contributed by atoms with Gasteiger partial charge in [-0.25, -0.2) is 4.39 Å². The van der Waals surface area contributed by atoms with Crippen LogP contribution < -0.4 is 15.8 Å². The second-order valence-electron chi connectivity index (χ2n) is 5.22. The maximum Gasteiger partial charge on any atom is 0.416 e. The third-order valence-electron chi connectivity index (χ3n) is 3.43. The molecule has 8 heteroatoms. The summed E-state index contributed by atoms with van der Waals surface area (Å²) < 4.78 is 55.8. The van der Waals surface area contributed by atoms with Gasteiger partial charge in [0.1, 0.15) is 18.2 Å². The molecule has 0 radical (unpaired) electrons. The molecule has 2 unspecified atom stereocenters. The van der Waals surface area contributed by atoms with Crippen molar-refractivity contribution >= 4 is 5.91 Å². The first-order chi connectivity index (χ1) is 10.6. The van der Waals surface area contributed by atoms with E-state index in [4.69, 9.17) is 10.5 Å². The molecule has 23 heavy (non-hydrogen) atoms. The number of halogens is 4. The number of alkyl halides is 3. The smallest absolute Gasteiger partial charge is 0.416 e. The van der Waals surface area contributed by atoms with Crippen molar-refractivity contribution in [2.75, 3.05) is 13.2 Å².